The number of hydrogen-bond acceptors (Lipinski definition) is 4. The highest BCUT2D eigenvalue weighted by Crippen LogP contribution is 2.31. The van der Waals surface area contributed by atoms with Crippen LogP contribution in [0.2, 0.25) is 0 Å². The number of nitrogens with zero attached hydrogens (tertiary/aromatic N) is 1. The fourth-order valence-corrected chi connectivity index (χ4v) is 2.76. The number of aliphatic hydroxyl groups is 1. The maximum atomic E-state index is 12.5. The lowest BCUT2D eigenvalue weighted by Crippen LogP contribution is -2.50. The van der Waals surface area contributed by atoms with E-state index in [1.807, 2.05) is 24.3 Å². The molecular formula is C15H19NO4. The number of aliphatic hydroxyl groups excluding tert-OH is 1. The minimum absolute atomic E-state index is 0.0438. The van der Waals surface area contributed by atoms with Crippen LogP contribution < -0.4 is 9.47 Å². The second-order valence-electron chi connectivity index (χ2n) is 5.34. The SMILES string of the molecule is O=C([C@H]1COc2ccccc2O1)N1CCC[C@H](CO)C1. The molecule has 108 valence electrons. The van der Waals surface area contributed by atoms with E-state index >= 15 is 0 Å². The van der Waals surface area contributed by atoms with E-state index in [1.54, 1.807) is 4.90 Å². The van der Waals surface area contributed by atoms with Crippen molar-refractivity contribution in [1.82, 2.24) is 4.90 Å². The quantitative estimate of drug-likeness (QED) is 0.878. The number of carbonyl (C=O) groups excluding carboxylic acids is 1. The number of amides is 1. The molecule has 2 aliphatic rings. The van der Waals surface area contributed by atoms with Gasteiger partial charge in [-0.2, -0.15) is 0 Å². The Balaban J connectivity index is 1.67. The van der Waals surface area contributed by atoms with E-state index in [4.69, 9.17) is 9.47 Å². The summed E-state index contributed by atoms with van der Waals surface area (Å²) >= 11 is 0. The van der Waals surface area contributed by atoms with Gasteiger partial charge in [-0.1, -0.05) is 12.1 Å². The molecule has 2 atom stereocenters. The number of piperidine rings is 1. The van der Waals surface area contributed by atoms with Crippen molar-refractivity contribution in [3.63, 3.8) is 0 Å². The second-order valence-corrected chi connectivity index (χ2v) is 5.34. The Labute approximate surface area is 118 Å². The molecular weight excluding hydrogens is 258 g/mol. The van der Waals surface area contributed by atoms with Crippen molar-refractivity contribution in [3.8, 4) is 11.5 Å². The molecule has 1 N–H and O–H groups in total. The van der Waals surface area contributed by atoms with Crippen molar-refractivity contribution < 1.29 is 19.4 Å². The maximum Gasteiger partial charge on any atom is 0.267 e. The highest BCUT2D eigenvalue weighted by molar-refractivity contribution is 5.82. The monoisotopic (exact) mass is 277 g/mol. The van der Waals surface area contributed by atoms with Crippen molar-refractivity contribution in [2.75, 3.05) is 26.3 Å². The summed E-state index contributed by atoms with van der Waals surface area (Å²) in [6.45, 7) is 1.72. The Kier molecular flexibility index (Phi) is 3.78. The summed E-state index contributed by atoms with van der Waals surface area (Å²) in [6.07, 6.45) is 1.33. The van der Waals surface area contributed by atoms with Crippen molar-refractivity contribution in [3.05, 3.63) is 24.3 Å². The van der Waals surface area contributed by atoms with Gasteiger partial charge in [-0.15, -0.1) is 0 Å². The topological polar surface area (TPSA) is 59.0 Å². The van der Waals surface area contributed by atoms with Gasteiger partial charge in [-0.05, 0) is 30.9 Å². The molecule has 1 aromatic rings. The zero-order valence-corrected chi connectivity index (χ0v) is 11.3. The number of likely N-dealkylation sites (tertiary alicyclic amines) is 1. The van der Waals surface area contributed by atoms with Gasteiger partial charge in [-0.3, -0.25) is 4.79 Å². The number of fused-ring (bicyclic) bond motifs is 1. The number of carbonyl (C=O) groups is 1. The lowest BCUT2D eigenvalue weighted by atomic mass is 9.98. The third-order valence-corrected chi connectivity index (χ3v) is 3.87. The molecule has 1 amide bonds. The summed E-state index contributed by atoms with van der Waals surface area (Å²) in [5.41, 5.74) is 0. The summed E-state index contributed by atoms with van der Waals surface area (Å²) < 4.78 is 11.3. The van der Waals surface area contributed by atoms with Gasteiger partial charge in [0.2, 0.25) is 6.10 Å². The van der Waals surface area contributed by atoms with Crippen molar-refractivity contribution in [2.24, 2.45) is 5.92 Å². The maximum absolute atomic E-state index is 12.5. The predicted octanol–water partition coefficient (Wildman–Crippen LogP) is 1.06. The fraction of sp³-hybridized carbons (Fsp3) is 0.533. The highest BCUT2D eigenvalue weighted by atomic mass is 16.6. The van der Waals surface area contributed by atoms with Crippen molar-refractivity contribution in [2.45, 2.75) is 18.9 Å². The number of para-hydroxylation sites is 2. The standard InChI is InChI=1S/C15H19NO4/c17-9-11-4-3-7-16(8-11)15(18)14-10-19-12-5-1-2-6-13(12)20-14/h1-2,5-6,11,14,17H,3-4,7-10H2/t11-,14+/m0/s1. The van der Waals surface area contributed by atoms with Crippen LogP contribution in [0.5, 0.6) is 11.5 Å². The van der Waals surface area contributed by atoms with E-state index < -0.39 is 6.10 Å². The average molecular weight is 277 g/mol. The van der Waals surface area contributed by atoms with E-state index in [0.29, 0.717) is 18.0 Å². The van der Waals surface area contributed by atoms with E-state index in [-0.39, 0.29) is 25.0 Å². The van der Waals surface area contributed by atoms with Gasteiger partial charge in [0.1, 0.15) is 6.61 Å². The summed E-state index contributed by atoms with van der Waals surface area (Å²) in [5, 5.41) is 9.24. The minimum atomic E-state index is -0.581. The zero-order chi connectivity index (χ0) is 13.9. The first kappa shape index (κ1) is 13.2. The van der Waals surface area contributed by atoms with E-state index in [2.05, 4.69) is 0 Å². The molecule has 0 unspecified atom stereocenters. The highest BCUT2D eigenvalue weighted by Gasteiger charge is 2.33. The molecule has 2 aliphatic heterocycles. The molecule has 5 nitrogen and oxygen atoms in total. The van der Waals surface area contributed by atoms with Gasteiger partial charge in [0.05, 0.1) is 0 Å². The van der Waals surface area contributed by atoms with Crippen LogP contribution in [0.1, 0.15) is 12.8 Å². The predicted molar refractivity (Wildman–Crippen MR) is 72.7 cm³/mol. The van der Waals surface area contributed by atoms with Crippen LogP contribution >= 0.6 is 0 Å². The second kappa shape index (κ2) is 5.71. The van der Waals surface area contributed by atoms with Crippen LogP contribution in [-0.4, -0.2) is 48.3 Å². The molecule has 0 saturated carbocycles. The van der Waals surface area contributed by atoms with Gasteiger partial charge in [0, 0.05) is 19.7 Å². The van der Waals surface area contributed by atoms with Gasteiger partial charge >= 0.3 is 0 Å². The molecule has 20 heavy (non-hydrogen) atoms. The molecule has 1 saturated heterocycles. The third-order valence-electron chi connectivity index (χ3n) is 3.87. The van der Waals surface area contributed by atoms with Gasteiger partial charge in [0.25, 0.3) is 5.91 Å². The summed E-state index contributed by atoms with van der Waals surface area (Å²) in [5.74, 6) is 1.44. The Morgan fingerprint density at radius 1 is 1.35 bits per heavy atom. The molecule has 2 heterocycles. The fourth-order valence-electron chi connectivity index (χ4n) is 2.76. The Morgan fingerprint density at radius 3 is 2.95 bits per heavy atom. The summed E-state index contributed by atoms with van der Waals surface area (Å²) in [4.78, 5) is 14.2. The summed E-state index contributed by atoms with van der Waals surface area (Å²) in [6, 6.07) is 7.37. The molecule has 1 aromatic carbocycles. The van der Waals surface area contributed by atoms with Crippen LogP contribution in [0.15, 0.2) is 24.3 Å². The van der Waals surface area contributed by atoms with Crippen molar-refractivity contribution in [1.29, 1.82) is 0 Å². The number of rotatable bonds is 2. The van der Waals surface area contributed by atoms with Gasteiger partial charge in [0.15, 0.2) is 11.5 Å². The third kappa shape index (κ3) is 2.58. The first-order chi connectivity index (χ1) is 9.78. The lowest BCUT2D eigenvalue weighted by Gasteiger charge is -2.35. The molecule has 0 spiro atoms. The number of benzene rings is 1. The zero-order valence-electron chi connectivity index (χ0n) is 11.3. The van der Waals surface area contributed by atoms with E-state index in [1.165, 1.54) is 0 Å². The molecule has 0 aromatic heterocycles. The molecule has 0 bridgehead atoms. The smallest absolute Gasteiger partial charge is 0.267 e. The molecule has 0 radical (unpaired) electrons. The lowest BCUT2D eigenvalue weighted by molar-refractivity contribution is -0.143. The molecule has 3 rings (SSSR count). The van der Waals surface area contributed by atoms with E-state index in [9.17, 15) is 9.90 Å². The molecule has 0 aliphatic carbocycles. The first-order valence-corrected chi connectivity index (χ1v) is 7.06. The van der Waals surface area contributed by atoms with Crippen LogP contribution in [0.3, 0.4) is 0 Å². The van der Waals surface area contributed by atoms with E-state index in [0.717, 1.165) is 19.4 Å². The van der Waals surface area contributed by atoms with Crippen LogP contribution in [0, 0.1) is 5.92 Å². The Bertz CT molecular complexity index is 491. The normalized spacial score (nSPS) is 25.4. The van der Waals surface area contributed by atoms with Crippen LogP contribution in [-0.2, 0) is 4.79 Å². The van der Waals surface area contributed by atoms with Crippen LogP contribution in [0.25, 0.3) is 0 Å². The summed E-state index contributed by atoms with van der Waals surface area (Å²) in [7, 11) is 0. The first-order valence-electron chi connectivity index (χ1n) is 7.06. The minimum Gasteiger partial charge on any atom is -0.485 e. The van der Waals surface area contributed by atoms with Gasteiger partial charge < -0.3 is 19.5 Å². The van der Waals surface area contributed by atoms with Crippen LogP contribution in [0.4, 0.5) is 0 Å². The number of hydrogen-bond donors (Lipinski definition) is 1. The van der Waals surface area contributed by atoms with Gasteiger partial charge in [-0.25, -0.2) is 0 Å². The largest absolute Gasteiger partial charge is 0.485 e. The Hall–Kier alpha value is -1.75. The molecule has 1 fully saturated rings. The Morgan fingerprint density at radius 2 is 2.15 bits per heavy atom. The number of ether oxygens (including phenoxy) is 2. The van der Waals surface area contributed by atoms with Crippen molar-refractivity contribution >= 4 is 5.91 Å². The average Bonchev–Trinajstić information content (AvgIpc) is 2.53. The molecule has 5 heteroatoms.